The van der Waals surface area contributed by atoms with Crippen molar-refractivity contribution < 1.29 is 9.84 Å². The number of anilines is 1. The van der Waals surface area contributed by atoms with Gasteiger partial charge in [-0.3, -0.25) is 18.8 Å². The molecule has 0 aliphatic rings. The van der Waals surface area contributed by atoms with Crippen molar-refractivity contribution in [2.75, 3.05) is 18.6 Å². The van der Waals surface area contributed by atoms with Crippen molar-refractivity contribution in [3.63, 3.8) is 0 Å². The Balaban J connectivity index is 2.14. The number of aryl methyl sites for hydroxylation is 1. The lowest BCUT2D eigenvalue weighted by Gasteiger charge is -2.26. The van der Waals surface area contributed by atoms with Gasteiger partial charge in [0.15, 0.2) is 0 Å². The molecule has 192 valence electrons. The van der Waals surface area contributed by atoms with E-state index >= 15 is 0 Å². The van der Waals surface area contributed by atoms with Gasteiger partial charge in [0, 0.05) is 38.0 Å². The van der Waals surface area contributed by atoms with Crippen molar-refractivity contribution in [1.82, 2.24) is 9.13 Å². The first-order chi connectivity index (χ1) is 17.3. The first-order valence-corrected chi connectivity index (χ1v) is 12.4. The second-order valence-electron chi connectivity index (χ2n) is 8.66. The van der Waals surface area contributed by atoms with Crippen LogP contribution in [0.5, 0.6) is 5.75 Å². The number of amidine groups is 1. The lowest BCUT2D eigenvalue weighted by Crippen LogP contribution is -2.45. The molecule has 0 radical (unpaired) electrons. The van der Waals surface area contributed by atoms with Crippen molar-refractivity contribution in [3.8, 4) is 5.75 Å². The maximum atomic E-state index is 13.6. The Morgan fingerprint density at radius 1 is 1.17 bits per heavy atom. The Labute approximate surface area is 216 Å². The number of ether oxygens (including phenoxy) is 1. The van der Waals surface area contributed by atoms with Crippen LogP contribution in [-0.2, 0) is 19.6 Å². The van der Waals surface area contributed by atoms with E-state index in [2.05, 4.69) is 18.8 Å². The van der Waals surface area contributed by atoms with Gasteiger partial charge in [-0.05, 0) is 54.7 Å². The molecule has 3 aromatic rings. The van der Waals surface area contributed by atoms with Gasteiger partial charge in [-0.15, -0.1) is 0 Å². The number of hydrogen-bond donors (Lipinski definition) is 1. The highest BCUT2D eigenvalue weighted by molar-refractivity contribution is 6.30. The second-order valence-corrected chi connectivity index (χ2v) is 9.10. The van der Waals surface area contributed by atoms with E-state index in [1.165, 1.54) is 10.8 Å². The molecule has 36 heavy (non-hydrogen) atoms. The van der Waals surface area contributed by atoms with E-state index in [4.69, 9.17) is 16.3 Å². The number of benzene rings is 2. The summed E-state index contributed by atoms with van der Waals surface area (Å²) in [6.07, 6.45) is 1.82. The first-order valence-electron chi connectivity index (χ1n) is 12.0. The summed E-state index contributed by atoms with van der Waals surface area (Å²) in [5.41, 5.74) is 1.32. The average molecular weight is 513 g/mol. The standard InChI is InChI=1S/C27H33ClN4O4/c1-5-30-18-24(25(34)31(27(30)35)14-7-15-33)32(17-20-10-12-22(28)13-11-20)26(29-4)36-23-9-6-8-21(16-23)19(2)3/h6,8-13,16,18-19,33H,5,7,14-15,17H2,1-4H3/b29-26+. The average Bonchev–Trinajstić information content (AvgIpc) is 2.88. The fourth-order valence-electron chi connectivity index (χ4n) is 3.77. The number of hydrogen-bond acceptors (Lipinski definition) is 5. The van der Waals surface area contributed by atoms with Crippen LogP contribution in [0.1, 0.15) is 44.2 Å². The summed E-state index contributed by atoms with van der Waals surface area (Å²) in [5, 5.41) is 9.90. The van der Waals surface area contributed by atoms with E-state index in [1.54, 1.807) is 24.1 Å². The van der Waals surface area contributed by atoms with Gasteiger partial charge in [0.1, 0.15) is 11.4 Å². The zero-order valence-corrected chi connectivity index (χ0v) is 21.9. The van der Waals surface area contributed by atoms with Crippen molar-refractivity contribution in [3.05, 3.63) is 91.7 Å². The molecule has 0 aliphatic heterocycles. The molecule has 0 spiro atoms. The molecule has 0 atom stereocenters. The van der Waals surface area contributed by atoms with Gasteiger partial charge in [-0.1, -0.05) is 49.7 Å². The molecule has 3 rings (SSSR count). The third kappa shape index (κ3) is 6.44. The summed E-state index contributed by atoms with van der Waals surface area (Å²) < 4.78 is 8.84. The first kappa shape index (κ1) is 27.2. The van der Waals surface area contributed by atoms with E-state index < -0.39 is 11.2 Å². The molecule has 0 unspecified atom stereocenters. The number of rotatable bonds is 9. The van der Waals surface area contributed by atoms with E-state index in [-0.39, 0.29) is 37.8 Å². The minimum Gasteiger partial charge on any atom is -0.426 e. The highest BCUT2D eigenvalue weighted by atomic mass is 35.5. The molecule has 0 fully saturated rings. The fraction of sp³-hybridized carbons (Fsp3) is 0.370. The Kier molecular flexibility index (Phi) is 9.50. The van der Waals surface area contributed by atoms with E-state index in [0.29, 0.717) is 23.2 Å². The molecule has 9 heteroatoms. The number of aliphatic hydroxyl groups is 1. The summed E-state index contributed by atoms with van der Waals surface area (Å²) in [4.78, 5) is 32.5. The largest absolute Gasteiger partial charge is 0.426 e. The Morgan fingerprint density at radius 3 is 2.50 bits per heavy atom. The monoisotopic (exact) mass is 512 g/mol. The molecular formula is C27H33ClN4O4. The Morgan fingerprint density at radius 2 is 1.89 bits per heavy atom. The van der Waals surface area contributed by atoms with Gasteiger partial charge < -0.3 is 9.84 Å². The normalized spacial score (nSPS) is 11.7. The van der Waals surface area contributed by atoms with Crippen LogP contribution in [0.15, 0.2) is 69.3 Å². The summed E-state index contributed by atoms with van der Waals surface area (Å²) in [6, 6.07) is 15.2. The highest BCUT2D eigenvalue weighted by Crippen LogP contribution is 2.22. The molecular weight excluding hydrogens is 480 g/mol. The van der Waals surface area contributed by atoms with Gasteiger partial charge in [-0.2, -0.15) is 0 Å². The summed E-state index contributed by atoms with van der Waals surface area (Å²) in [5.74, 6) is 0.903. The number of nitrogens with zero attached hydrogens (tertiary/aromatic N) is 4. The lowest BCUT2D eigenvalue weighted by atomic mass is 10.0. The fourth-order valence-corrected chi connectivity index (χ4v) is 3.89. The van der Waals surface area contributed by atoms with Crippen LogP contribution < -0.4 is 20.9 Å². The van der Waals surface area contributed by atoms with Crippen molar-refractivity contribution in [2.24, 2.45) is 4.99 Å². The number of aliphatic hydroxyl groups excluding tert-OH is 1. The molecule has 1 N–H and O–H groups in total. The van der Waals surface area contributed by atoms with Crippen LogP contribution >= 0.6 is 11.6 Å². The number of aliphatic imine (C=N–C) groups is 1. The summed E-state index contributed by atoms with van der Waals surface area (Å²) in [6.45, 7) is 6.63. The quantitative estimate of drug-likeness (QED) is 0.342. The Hall–Kier alpha value is -3.36. The van der Waals surface area contributed by atoms with Gasteiger partial charge >= 0.3 is 5.69 Å². The zero-order valence-electron chi connectivity index (χ0n) is 21.1. The molecule has 0 saturated carbocycles. The topological polar surface area (TPSA) is 89.1 Å². The molecule has 8 nitrogen and oxygen atoms in total. The Bertz CT molecular complexity index is 1310. The number of aromatic nitrogens is 2. The van der Waals surface area contributed by atoms with Crippen molar-refractivity contribution in [2.45, 2.75) is 52.7 Å². The van der Waals surface area contributed by atoms with Gasteiger partial charge in [0.25, 0.3) is 11.6 Å². The van der Waals surface area contributed by atoms with Gasteiger partial charge in [0.2, 0.25) is 0 Å². The third-order valence-corrected chi connectivity index (χ3v) is 6.05. The summed E-state index contributed by atoms with van der Waals surface area (Å²) in [7, 11) is 1.59. The van der Waals surface area contributed by atoms with E-state index in [9.17, 15) is 14.7 Å². The molecule has 1 aromatic heterocycles. The highest BCUT2D eigenvalue weighted by Gasteiger charge is 2.23. The number of halogens is 1. The summed E-state index contributed by atoms with van der Waals surface area (Å²) >= 11 is 6.08. The lowest BCUT2D eigenvalue weighted by molar-refractivity contribution is 0.277. The molecule has 0 saturated heterocycles. The smallest absolute Gasteiger partial charge is 0.331 e. The minimum absolute atomic E-state index is 0.104. The van der Waals surface area contributed by atoms with Crippen LogP contribution in [0.2, 0.25) is 5.02 Å². The molecule has 0 bridgehead atoms. The van der Waals surface area contributed by atoms with Crippen LogP contribution in [0.3, 0.4) is 0 Å². The molecule has 0 aliphatic carbocycles. The molecule has 0 amide bonds. The maximum Gasteiger partial charge on any atom is 0.331 e. The van der Waals surface area contributed by atoms with Gasteiger partial charge in [-0.25, -0.2) is 9.79 Å². The second kappa shape index (κ2) is 12.6. The maximum absolute atomic E-state index is 13.6. The zero-order chi connectivity index (χ0) is 26.2. The van der Waals surface area contributed by atoms with Crippen molar-refractivity contribution in [1.29, 1.82) is 0 Å². The van der Waals surface area contributed by atoms with Crippen LogP contribution in [0.4, 0.5) is 5.69 Å². The minimum atomic E-state index is -0.479. The van der Waals surface area contributed by atoms with E-state index in [0.717, 1.165) is 15.7 Å². The van der Waals surface area contributed by atoms with Gasteiger partial charge in [0.05, 0.1) is 6.54 Å². The van der Waals surface area contributed by atoms with Crippen LogP contribution in [-0.4, -0.2) is 33.9 Å². The predicted molar refractivity (Wildman–Crippen MR) is 144 cm³/mol. The van der Waals surface area contributed by atoms with E-state index in [1.807, 2.05) is 43.3 Å². The molecule has 2 aromatic carbocycles. The predicted octanol–water partition coefficient (Wildman–Crippen LogP) is 4.26. The SMILES string of the molecule is CCn1cc(N(Cc2ccc(Cl)cc2)/C(=N\C)Oc2cccc(C(C)C)c2)c(=O)n(CCCO)c1=O. The molecule has 1 heterocycles. The van der Waals surface area contributed by atoms with Crippen molar-refractivity contribution >= 4 is 23.3 Å². The van der Waals surface area contributed by atoms with Crippen LogP contribution in [0.25, 0.3) is 0 Å². The van der Waals surface area contributed by atoms with Crippen LogP contribution in [0, 0.1) is 0 Å². The third-order valence-electron chi connectivity index (χ3n) is 5.80.